The van der Waals surface area contributed by atoms with Crippen LogP contribution in [0.3, 0.4) is 0 Å². The zero-order valence-corrected chi connectivity index (χ0v) is 14.3. The SMILES string of the molecule is C=CCOC(=O)NCC(=O)NCC(=O)NCC(=O)NCC(=O)NCC(=O)O. The van der Waals surface area contributed by atoms with Crippen LogP contribution in [0.25, 0.3) is 0 Å². The molecular formula is C14H21N5O8. The van der Waals surface area contributed by atoms with Crippen LogP contribution >= 0.6 is 0 Å². The van der Waals surface area contributed by atoms with Crippen LogP contribution in [0, 0.1) is 0 Å². The monoisotopic (exact) mass is 387 g/mol. The van der Waals surface area contributed by atoms with Crippen LogP contribution in [0.1, 0.15) is 0 Å². The molecule has 0 aromatic rings. The molecule has 5 amide bonds. The second-order valence-electron chi connectivity index (χ2n) is 4.74. The Morgan fingerprint density at radius 3 is 1.44 bits per heavy atom. The molecule has 0 radical (unpaired) electrons. The summed E-state index contributed by atoms with van der Waals surface area (Å²) in [5, 5.41) is 19.1. The highest BCUT2D eigenvalue weighted by Gasteiger charge is 2.10. The van der Waals surface area contributed by atoms with Gasteiger partial charge in [0.05, 0.1) is 19.6 Å². The van der Waals surface area contributed by atoms with Crippen LogP contribution in [0.2, 0.25) is 0 Å². The van der Waals surface area contributed by atoms with Gasteiger partial charge in [-0.2, -0.15) is 0 Å². The number of hydrogen-bond donors (Lipinski definition) is 6. The Bertz CT molecular complexity index is 592. The van der Waals surface area contributed by atoms with E-state index >= 15 is 0 Å². The highest BCUT2D eigenvalue weighted by molar-refractivity contribution is 5.91. The summed E-state index contributed by atoms with van der Waals surface area (Å²) in [6.45, 7) is 1.00. The molecule has 0 fully saturated rings. The van der Waals surface area contributed by atoms with E-state index < -0.39 is 68.4 Å². The standard InChI is InChI=1S/C14H21N5O8/c1-2-3-27-14(26)19-7-12(23)17-5-10(21)15-4-9(20)16-6-11(22)18-8-13(24)25/h2H,1,3-8H2,(H,15,21)(H,16,20)(H,17,23)(H,18,22)(H,19,26)(H,24,25). The van der Waals surface area contributed by atoms with E-state index in [1.807, 2.05) is 5.32 Å². The second-order valence-corrected chi connectivity index (χ2v) is 4.74. The van der Waals surface area contributed by atoms with Gasteiger partial charge in [0.1, 0.15) is 19.7 Å². The molecule has 0 saturated carbocycles. The Morgan fingerprint density at radius 1 is 0.704 bits per heavy atom. The third-order valence-corrected chi connectivity index (χ3v) is 2.50. The van der Waals surface area contributed by atoms with Crippen molar-refractivity contribution in [3.63, 3.8) is 0 Å². The van der Waals surface area contributed by atoms with Gasteiger partial charge in [-0.05, 0) is 0 Å². The van der Waals surface area contributed by atoms with Crippen LogP contribution in [0.5, 0.6) is 0 Å². The van der Waals surface area contributed by atoms with E-state index in [4.69, 9.17) is 5.11 Å². The number of carboxylic acid groups (broad SMARTS) is 1. The summed E-state index contributed by atoms with van der Waals surface area (Å²) in [7, 11) is 0. The molecule has 0 spiro atoms. The van der Waals surface area contributed by atoms with Crippen molar-refractivity contribution in [2.24, 2.45) is 0 Å². The first-order valence-corrected chi connectivity index (χ1v) is 7.54. The zero-order valence-electron chi connectivity index (χ0n) is 14.3. The number of alkyl carbamates (subject to hydrolysis) is 1. The summed E-state index contributed by atoms with van der Waals surface area (Å²) >= 11 is 0. The lowest BCUT2D eigenvalue weighted by molar-refractivity contribution is -0.137. The molecule has 0 aliphatic heterocycles. The molecule has 0 atom stereocenters. The van der Waals surface area contributed by atoms with Crippen LogP contribution < -0.4 is 26.6 Å². The van der Waals surface area contributed by atoms with Gasteiger partial charge < -0.3 is 36.4 Å². The molecule has 0 unspecified atom stereocenters. The molecule has 6 N–H and O–H groups in total. The third kappa shape index (κ3) is 14.4. The number of carbonyl (C=O) groups is 6. The maximum atomic E-state index is 11.5. The Balaban J connectivity index is 3.83. The minimum atomic E-state index is -1.23. The van der Waals surface area contributed by atoms with Crippen molar-refractivity contribution in [2.75, 3.05) is 39.3 Å². The average Bonchev–Trinajstić information content (AvgIpc) is 2.63. The number of carbonyl (C=O) groups excluding carboxylic acids is 5. The van der Waals surface area contributed by atoms with Crippen LogP contribution in [-0.2, 0) is 28.7 Å². The van der Waals surface area contributed by atoms with E-state index in [0.717, 1.165) is 0 Å². The van der Waals surface area contributed by atoms with E-state index in [2.05, 4.69) is 32.6 Å². The topological polar surface area (TPSA) is 192 Å². The van der Waals surface area contributed by atoms with Crippen molar-refractivity contribution in [1.29, 1.82) is 0 Å². The molecule has 0 rings (SSSR count). The second kappa shape index (κ2) is 13.6. The summed E-state index contributed by atoms with van der Waals surface area (Å²) in [4.78, 5) is 66.8. The van der Waals surface area contributed by atoms with Crippen molar-refractivity contribution in [1.82, 2.24) is 26.6 Å². The highest BCUT2D eigenvalue weighted by Crippen LogP contribution is 1.77. The third-order valence-electron chi connectivity index (χ3n) is 2.50. The molecule has 13 heteroatoms. The lowest BCUT2D eigenvalue weighted by atomic mass is 10.4. The molecule has 0 aliphatic rings. The van der Waals surface area contributed by atoms with Gasteiger partial charge in [0.15, 0.2) is 0 Å². The summed E-state index contributed by atoms with van der Waals surface area (Å²) in [6.07, 6.45) is 0.529. The van der Waals surface area contributed by atoms with E-state index in [1.165, 1.54) is 6.08 Å². The number of amides is 5. The molecule has 0 bridgehead atoms. The Hall–Kier alpha value is -3.64. The van der Waals surface area contributed by atoms with Crippen LogP contribution in [0.15, 0.2) is 12.7 Å². The Kier molecular flexibility index (Phi) is 11.8. The van der Waals surface area contributed by atoms with E-state index in [-0.39, 0.29) is 6.61 Å². The Morgan fingerprint density at radius 2 is 1.07 bits per heavy atom. The molecule has 0 saturated heterocycles. The molecule has 0 heterocycles. The highest BCUT2D eigenvalue weighted by atomic mass is 16.5. The maximum absolute atomic E-state index is 11.5. The number of hydrogen-bond acceptors (Lipinski definition) is 7. The quantitative estimate of drug-likeness (QED) is 0.185. The summed E-state index contributed by atoms with van der Waals surface area (Å²) in [5.41, 5.74) is 0. The predicted molar refractivity (Wildman–Crippen MR) is 89.2 cm³/mol. The summed E-state index contributed by atoms with van der Waals surface area (Å²) in [6, 6.07) is 0. The van der Waals surface area contributed by atoms with Crippen LogP contribution in [0.4, 0.5) is 4.79 Å². The van der Waals surface area contributed by atoms with Crippen molar-refractivity contribution in [3.05, 3.63) is 12.7 Å². The van der Waals surface area contributed by atoms with Gasteiger partial charge in [-0.1, -0.05) is 12.7 Å². The number of rotatable bonds is 12. The number of carboxylic acids is 1. The van der Waals surface area contributed by atoms with Crippen molar-refractivity contribution in [3.8, 4) is 0 Å². The number of nitrogens with one attached hydrogen (secondary N) is 5. The molecule has 27 heavy (non-hydrogen) atoms. The summed E-state index contributed by atoms with van der Waals surface area (Å²) in [5.74, 6) is -3.95. The first-order valence-electron chi connectivity index (χ1n) is 7.54. The first kappa shape index (κ1) is 23.4. The normalized spacial score (nSPS) is 9.33. The lowest BCUT2D eigenvalue weighted by Crippen LogP contribution is -2.46. The maximum Gasteiger partial charge on any atom is 0.407 e. The molecule has 150 valence electrons. The van der Waals surface area contributed by atoms with Gasteiger partial charge in [-0.25, -0.2) is 4.79 Å². The molecule has 13 nitrogen and oxygen atoms in total. The van der Waals surface area contributed by atoms with Gasteiger partial charge in [0.25, 0.3) is 0 Å². The fraction of sp³-hybridized carbons (Fsp3) is 0.429. The Labute approximate surface area is 153 Å². The van der Waals surface area contributed by atoms with Crippen molar-refractivity contribution in [2.45, 2.75) is 0 Å². The number of aliphatic carboxylic acids is 1. The molecule has 0 aromatic heterocycles. The van der Waals surface area contributed by atoms with Gasteiger partial charge >= 0.3 is 12.1 Å². The fourth-order valence-electron chi connectivity index (χ4n) is 1.30. The van der Waals surface area contributed by atoms with Gasteiger partial charge in [0.2, 0.25) is 23.6 Å². The van der Waals surface area contributed by atoms with Gasteiger partial charge in [-0.15, -0.1) is 0 Å². The van der Waals surface area contributed by atoms with E-state index in [0.29, 0.717) is 0 Å². The van der Waals surface area contributed by atoms with Crippen LogP contribution in [-0.4, -0.2) is 80.1 Å². The molecule has 0 aliphatic carbocycles. The smallest absolute Gasteiger partial charge is 0.407 e. The van der Waals surface area contributed by atoms with Crippen molar-refractivity contribution >= 4 is 35.7 Å². The minimum absolute atomic E-state index is 0.0147. The predicted octanol–water partition coefficient (Wildman–Crippen LogP) is -3.55. The zero-order chi connectivity index (χ0) is 20.7. The van der Waals surface area contributed by atoms with E-state index in [9.17, 15) is 28.8 Å². The fourth-order valence-corrected chi connectivity index (χ4v) is 1.30. The van der Waals surface area contributed by atoms with Gasteiger partial charge in [0, 0.05) is 0 Å². The molecular weight excluding hydrogens is 366 g/mol. The van der Waals surface area contributed by atoms with Gasteiger partial charge in [-0.3, -0.25) is 24.0 Å². The largest absolute Gasteiger partial charge is 0.480 e. The number of ether oxygens (including phenoxy) is 1. The van der Waals surface area contributed by atoms with E-state index in [1.54, 1.807) is 0 Å². The molecule has 0 aromatic carbocycles. The van der Waals surface area contributed by atoms with Crippen molar-refractivity contribution < 1.29 is 38.6 Å². The lowest BCUT2D eigenvalue weighted by Gasteiger charge is -2.08. The first-order chi connectivity index (χ1) is 12.7. The summed E-state index contributed by atoms with van der Waals surface area (Å²) < 4.78 is 4.57. The minimum Gasteiger partial charge on any atom is -0.480 e. The average molecular weight is 387 g/mol.